The first-order valence-corrected chi connectivity index (χ1v) is 6.04. The molecule has 2 rings (SSSR count). The van der Waals surface area contributed by atoms with Crippen LogP contribution in [0, 0.1) is 5.92 Å². The Bertz CT molecular complexity index is 313. The number of anilines is 1. The molecule has 1 aliphatic carbocycles. The maximum Gasteiger partial charge on any atom is 0.170 e. The molecule has 0 atom stereocenters. The van der Waals surface area contributed by atoms with Crippen LogP contribution in [0.4, 0.5) is 5.82 Å². The Morgan fingerprint density at radius 2 is 2.13 bits per heavy atom. The molecule has 1 aromatic rings. The predicted octanol–water partition coefficient (Wildman–Crippen LogP) is 2.94. The molecule has 0 unspecified atom stereocenters. The Kier molecular flexibility index (Phi) is 3.29. The Morgan fingerprint density at radius 3 is 2.80 bits per heavy atom. The highest BCUT2D eigenvalue weighted by Gasteiger charge is 2.20. The number of hydrogen-bond acceptors (Lipinski definition) is 3. The quantitative estimate of drug-likeness (QED) is 0.827. The molecule has 3 heteroatoms. The molecule has 1 saturated carbocycles. The summed E-state index contributed by atoms with van der Waals surface area (Å²) in [6.45, 7) is 2.16. The Morgan fingerprint density at radius 1 is 1.40 bits per heavy atom. The predicted molar refractivity (Wildman–Crippen MR) is 60.6 cm³/mol. The molecule has 0 saturated heterocycles. The molecule has 1 aliphatic rings. The minimum atomic E-state index is 0.602. The van der Waals surface area contributed by atoms with E-state index in [-0.39, 0.29) is 0 Å². The number of hydrogen-bond donors (Lipinski definition) is 1. The third-order valence-electron chi connectivity index (χ3n) is 3.35. The fraction of sp³-hybridized carbons (Fsp3) is 0.750. The Labute approximate surface area is 91.0 Å². The van der Waals surface area contributed by atoms with E-state index in [0.29, 0.717) is 5.82 Å². The summed E-state index contributed by atoms with van der Waals surface area (Å²) < 4.78 is 5.33. The van der Waals surface area contributed by atoms with Crippen molar-refractivity contribution in [3.8, 4) is 0 Å². The summed E-state index contributed by atoms with van der Waals surface area (Å²) in [5.41, 5.74) is 6.95. The number of rotatable bonds is 4. The van der Waals surface area contributed by atoms with Crippen LogP contribution in [0.5, 0.6) is 0 Å². The van der Waals surface area contributed by atoms with Crippen LogP contribution in [-0.2, 0) is 12.8 Å². The van der Waals surface area contributed by atoms with Crippen LogP contribution in [0.1, 0.15) is 50.4 Å². The van der Waals surface area contributed by atoms with Crippen LogP contribution in [0.2, 0.25) is 0 Å². The lowest BCUT2D eigenvalue weighted by atomic mass is 9.99. The van der Waals surface area contributed by atoms with Crippen LogP contribution < -0.4 is 5.73 Å². The maximum absolute atomic E-state index is 5.80. The minimum absolute atomic E-state index is 0.602. The van der Waals surface area contributed by atoms with Crippen molar-refractivity contribution in [2.24, 2.45) is 5.92 Å². The van der Waals surface area contributed by atoms with Crippen molar-refractivity contribution in [3.63, 3.8) is 0 Å². The topological polar surface area (TPSA) is 52.0 Å². The van der Waals surface area contributed by atoms with Crippen molar-refractivity contribution in [2.75, 3.05) is 5.73 Å². The van der Waals surface area contributed by atoms with E-state index in [2.05, 4.69) is 12.1 Å². The summed E-state index contributed by atoms with van der Waals surface area (Å²) >= 11 is 0. The van der Waals surface area contributed by atoms with Crippen molar-refractivity contribution in [1.82, 2.24) is 5.16 Å². The van der Waals surface area contributed by atoms with Gasteiger partial charge in [0.25, 0.3) is 0 Å². The molecule has 0 bridgehead atoms. The summed E-state index contributed by atoms with van der Waals surface area (Å²) in [6.07, 6.45) is 8.56. The first kappa shape index (κ1) is 10.5. The van der Waals surface area contributed by atoms with Gasteiger partial charge in [0.05, 0.1) is 0 Å². The molecule has 1 heterocycles. The maximum atomic E-state index is 5.80. The molecule has 0 aliphatic heterocycles. The largest absolute Gasteiger partial charge is 0.381 e. The monoisotopic (exact) mass is 208 g/mol. The summed E-state index contributed by atoms with van der Waals surface area (Å²) in [7, 11) is 0. The zero-order valence-electron chi connectivity index (χ0n) is 9.46. The molecule has 1 aromatic heterocycles. The van der Waals surface area contributed by atoms with Crippen molar-refractivity contribution in [3.05, 3.63) is 11.3 Å². The second-order valence-electron chi connectivity index (χ2n) is 4.57. The van der Waals surface area contributed by atoms with Gasteiger partial charge in [0.15, 0.2) is 5.82 Å². The third kappa shape index (κ3) is 2.33. The van der Waals surface area contributed by atoms with Crippen molar-refractivity contribution < 1.29 is 4.52 Å². The second-order valence-corrected chi connectivity index (χ2v) is 4.57. The molecular weight excluding hydrogens is 188 g/mol. The van der Waals surface area contributed by atoms with Gasteiger partial charge in [0.1, 0.15) is 5.76 Å². The summed E-state index contributed by atoms with van der Waals surface area (Å²) in [5, 5.41) is 3.88. The summed E-state index contributed by atoms with van der Waals surface area (Å²) in [5.74, 6) is 2.44. The minimum Gasteiger partial charge on any atom is -0.381 e. The fourth-order valence-corrected chi connectivity index (χ4v) is 2.51. The van der Waals surface area contributed by atoms with Gasteiger partial charge in [-0.1, -0.05) is 44.2 Å². The molecule has 1 fully saturated rings. The van der Waals surface area contributed by atoms with Gasteiger partial charge in [0.2, 0.25) is 0 Å². The van der Waals surface area contributed by atoms with Gasteiger partial charge >= 0.3 is 0 Å². The van der Waals surface area contributed by atoms with Crippen LogP contribution in [0.3, 0.4) is 0 Å². The van der Waals surface area contributed by atoms with E-state index in [9.17, 15) is 0 Å². The van der Waals surface area contributed by atoms with E-state index < -0.39 is 0 Å². The van der Waals surface area contributed by atoms with Crippen molar-refractivity contribution in [2.45, 2.75) is 51.9 Å². The highest BCUT2D eigenvalue weighted by Crippen LogP contribution is 2.30. The molecule has 3 nitrogen and oxygen atoms in total. The second kappa shape index (κ2) is 4.69. The average molecular weight is 208 g/mol. The van der Waals surface area contributed by atoms with E-state index in [0.717, 1.165) is 36.5 Å². The van der Waals surface area contributed by atoms with Crippen LogP contribution in [-0.4, -0.2) is 5.16 Å². The van der Waals surface area contributed by atoms with Crippen molar-refractivity contribution >= 4 is 5.82 Å². The summed E-state index contributed by atoms with van der Waals surface area (Å²) in [4.78, 5) is 0. The molecular formula is C12H20N2O. The van der Waals surface area contributed by atoms with Gasteiger partial charge in [-0.05, 0) is 12.3 Å². The van der Waals surface area contributed by atoms with E-state index >= 15 is 0 Å². The first-order valence-electron chi connectivity index (χ1n) is 6.04. The molecule has 2 N–H and O–H groups in total. The summed E-state index contributed by atoms with van der Waals surface area (Å²) in [6, 6.07) is 0. The molecule has 15 heavy (non-hydrogen) atoms. The van der Waals surface area contributed by atoms with Crippen molar-refractivity contribution in [1.29, 1.82) is 0 Å². The number of nitrogens with zero attached hydrogens (tertiary/aromatic N) is 1. The van der Waals surface area contributed by atoms with Gasteiger partial charge in [-0.2, -0.15) is 0 Å². The lowest BCUT2D eigenvalue weighted by molar-refractivity contribution is 0.359. The average Bonchev–Trinajstić information content (AvgIpc) is 2.83. The lowest BCUT2D eigenvalue weighted by Crippen LogP contribution is -2.01. The van der Waals surface area contributed by atoms with E-state index in [4.69, 9.17) is 10.3 Å². The molecule has 0 spiro atoms. The van der Waals surface area contributed by atoms with Gasteiger partial charge in [-0.15, -0.1) is 0 Å². The molecule has 84 valence electrons. The standard InChI is InChI=1S/C12H20N2O/c1-2-5-10-11(15-14-12(10)13)8-9-6-3-4-7-9/h9H,2-8H2,1H3,(H2,13,14). The van der Waals surface area contributed by atoms with Gasteiger partial charge in [0, 0.05) is 12.0 Å². The third-order valence-corrected chi connectivity index (χ3v) is 3.35. The Balaban J connectivity index is 2.05. The molecule has 0 amide bonds. The highest BCUT2D eigenvalue weighted by molar-refractivity contribution is 5.40. The van der Waals surface area contributed by atoms with Crippen LogP contribution in [0.25, 0.3) is 0 Å². The lowest BCUT2D eigenvalue weighted by Gasteiger charge is -2.06. The number of nitrogen functional groups attached to an aromatic ring is 1. The zero-order valence-corrected chi connectivity index (χ0v) is 9.46. The van der Waals surface area contributed by atoms with E-state index in [1.54, 1.807) is 0 Å². The van der Waals surface area contributed by atoms with Gasteiger partial charge < -0.3 is 10.3 Å². The molecule has 0 aromatic carbocycles. The first-order chi connectivity index (χ1) is 7.31. The number of nitrogens with two attached hydrogens (primary N) is 1. The van der Waals surface area contributed by atoms with E-state index in [1.807, 2.05) is 0 Å². The number of aromatic nitrogens is 1. The van der Waals surface area contributed by atoms with Gasteiger partial charge in [-0.3, -0.25) is 0 Å². The van der Waals surface area contributed by atoms with Gasteiger partial charge in [-0.25, -0.2) is 0 Å². The van der Waals surface area contributed by atoms with Crippen LogP contribution >= 0.6 is 0 Å². The zero-order chi connectivity index (χ0) is 10.7. The van der Waals surface area contributed by atoms with E-state index in [1.165, 1.54) is 25.7 Å². The smallest absolute Gasteiger partial charge is 0.170 e. The Hall–Kier alpha value is -0.990. The highest BCUT2D eigenvalue weighted by atomic mass is 16.5. The fourth-order valence-electron chi connectivity index (χ4n) is 2.51. The molecule has 0 radical (unpaired) electrons. The van der Waals surface area contributed by atoms with Crippen LogP contribution in [0.15, 0.2) is 4.52 Å². The normalized spacial score (nSPS) is 17.4. The SMILES string of the molecule is CCCc1c(N)noc1CC1CCCC1.